The number of carbonyl (C=O) groups excluding carboxylic acids is 1. The van der Waals surface area contributed by atoms with Gasteiger partial charge in [-0.15, -0.1) is 10.2 Å². The smallest absolute Gasteiger partial charge is 0.277 e. The molecule has 0 aliphatic rings. The van der Waals surface area contributed by atoms with E-state index in [9.17, 15) is 4.79 Å². The van der Waals surface area contributed by atoms with Crippen molar-refractivity contribution in [2.45, 2.75) is 12.1 Å². The van der Waals surface area contributed by atoms with Gasteiger partial charge in [0.05, 0.1) is 5.75 Å². The van der Waals surface area contributed by atoms with Crippen LogP contribution in [-0.2, 0) is 4.79 Å². The highest BCUT2D eigenvalue weighted by Gasteiger charge is 2.14. The SMILES string of the molecule is Cc1cc(I)ccc1NC(=O)CSc1nnc(-c2cccc3ccccc23)o1. The lowest BCUT2D eigenvalue weighted by Crippen LogP contribution is -2.14. The van der Waals surface area contributed by atoms with Crippen molar-refractivity contribution in [1.82, 2.24) is 10.2 Å². The first-order valence-electron chi connectivity index (χ1n) is 8.60. The predicted molar refractivity (Wildman–Crippen MR) is 120 cm³/mol. The van der Waals surface area contributed by atoms with Crippen molar-refractivity contribution in [3.8, 4) is 11.5 Å². The number of hydrogen-bond donors (Lipinski definition) is 1. The molecule has 1 heterocycles. The normalized spacial score (nSPS) is 10.9. The number of carbonyl (C=O) groups is 1. The fraction of sp³-hybridized carbons (Fsp3) is 0.0952. The number of aromatic nitrogens is 2. The van der Waals surface area contributed by atoms with E-state index >= 15 is 0 Å². The maximum absolute atomic E-state index is 12.3. The minimum Gasteiger partial charge on any atom is -0.411 e. The lowest BCUT2D eigenvalue weighted by Gasteiger charge is -2.07. The van der Waals surface area contributed by atoms with Gasteiger partial charge in [-0.2, -0.15) is 0 Å². The monoisotopic (exact) mass is 501 g/mol. The number of nitrogens with zero attached hydrogens (tertiary/aromatic N) is 2. The van der Waals surface area contributed by atoms with Crippen LogP contribution in [0.25, 0.3) is 22.2 Å². The number of anilines is 1. The number of halogens is 1. The largest absolute Gasteiger partial charge is 0.411 e. The summed E-state index contributed by atoms with van der Waals surface area (Å²) >= 11 is 3.47. The molecule has 1 amide bonds. The van der Waals surface area contributed by atoms with Crippen molar-refractivity contribution in [3.63, 3.8) is 0 Å². The van der Waals surface area contributed by atoms with Crippen LogP contribution in [0.15, 0.2) is 70.3 Å². The molecule has 0 radical (unpaired) electrons. The first-order chi connectivity index (χ1) is 13.6. The Hall–Kier alpha value is -2.39. The topological polar surface area (TPSA) is 68.0 Å². The Labute approximate surface area is 180 Å². The molecule has 4 rings (SSSR count). The van der Waals surface area contributed by atoms with Gasteiger partial charge in [0, 0.05) is 14.8 Å². The van der Waals surface area contributed by atoms with E-state index in [2.05, 4.69) is 38.1 Å². The highest BCUT2D eigenvalue weighted by Crippen LogP contribution is 2.29. The second-order valence-corrected chi connectivity index (χ2v) is 8.37. The van der Waals surface area contributed by atoms with Crippen molar-refractivity contribution in [3.05, 3.63) is 69.8 Å². The average Bonchev–Trinajstić information content (AvgIpc) is 3.17. The molecule has 0 aliphatic heterocycles. The van der Waals surface area contributed by atoms with Gasteiger partial charge in [0.1, 0.15) is 0 Å². The summed E-state index contributed by atoms with van der Waals surface area (Å²) in [5.41, 5.74) is 2.73. The minimum absolute atomic E-state index is 0.112. The number of rotatable bonds is 5. The third kappa shape index (κ3) is 4.20. The van der Waals surface area contributed by atoms with Crippen molar-refractivity contribution < 1.29 is 9.21 Å². The molecule has 1 N–H and O–H groups in total. The summed E-state index contributed by atoms with van der Waals surface area (Å²) in [5.74, 6) is 0.537. The van der Waals surface area contributed by atoms with Gasteiger partial charge in [0.25, 0.3) is 5.22 Å². The van der Waals surface area contributed by atoms with Crippen LogP contribution >= 0.6 is 34.4 Å². The molecular formula is C21H16IN3O2S. The standard InChI is InChI=1S/C21H16IN3O2S/c1-13-11-15(22)9-10-18(13)23-19(26)12-28-21-25-24-20(27-21)17-8-4-6-14-5-2-3-7-16(14)17/h2-11H,12H2,1H3,(H,23,26). The van der Waals surface area contributed by atoms with Crippen LogP contribution in [-0.4, -0.2) is 21.9 Å². The van der Waals surface area contributed by atoms with Crippen LogP contribution < -0.4 is 5.32 Å². The van der Waals surface area contributed by atoms with E-state index < -0.39 is 0 Å². The second-order valence-electron chi connectivity index (χ2n) is 6.20. The zero-order valence-electron chi connectivity index (χ0n) is 15.0. The Morgan fingerprint density at radius 3 is 2.79 bits per heavy atom. The van der Waals surface area contributed by atoms with Crippen LogP contribution in [0.5, 0.6) is 0 Å². The van der Waals surface area contributed by atoms with Crippen LogP contribution in [0.1, 0.15) is 5.56 Å². The summed E-state index contributed by atoms with van der Waals surface area (Å²) in [4.78, 5) is 12.3. The number of hydrogen-bond acceptors (Lipinski definition) is 5. The fourth-order valence-corrected chi connectivity index (χ4v) is 4.08. The average molecular weight is 501 g/mol. The third-order valence-corrected chi connectivity index (χ3v) is 5.71. The molecule has 5 nitrogen and oxygen atoms in total. The maximum atomic E-state index is 12.3. The van der Waals surface area contributed by atoms with Gasteiger partial charge in [-0.05, 0) is 70.1 Å². The van der Waals surface area contributed by atoms with E-state index in [1.54, 1.807) is 0 Å². The second kappa shape index (κ2) is 8.32. The fourth-order valence-electron chi connectivity index (χ4n) is 2.87. The highest BCUT2D eigenvalue weighted by molar-refractivity contribution is 14.1. The summed E-state index contributed by atoms with van der Waals surface area (Å²) in [5, 5.41) is 13.7. The first-order valence-corrected chi connectivity index (χ1v) is 10.7. The van der Waals surface area contributed by atoms with Gasteiger partial charge in [-0.3, -0.25) is 4.79 Å². The maximum Gasteiger partial charge on any atom is 0.277 e. The van der Waals surface area contributed by atoms with Gasteiger partial charge >= 0.3 is 0 Å². The van der Waals surface area contributed by atoms with E-state index in [1.807, 2.05) is 67.6 Å². The zero-order chi connectivity index (χ0) is 19.5. The summed E-state index contributed by atoms with van der Waals surface area (Å²) < 4.78 is 6.91. The molecule has 140 valence electrons. The summed E-state index contributed by atoms with van der Waals surface area (Å²) in [6.45, 7) is 1.97. The number of benzene rings is 3. The van der Waals surface area contributed by atoms with Crippen molar-refractivity contribution in [2.24, 2.45) is 0 Å². The summed E-state index contributed by atoms with van der Waals surface area (Å²) in [7, 11) is 0. The molecule has 0 atom stereocenters. The van der Waals surface area contributed by atoms with Crippen LogP contribution in [0.4, 0.5) is 5.69 Å². The van der Waals surface area contributed by atoms with Gasteiger partial charge in [0.15, 0.2) is 0 Å². The van der Waals surface area contributed by atoms with Crippen LogP contribution in [0.3, 0.4) is 0 Å². The molecule has 7 heteroatoms. The number of thioether (sulfide) groups is 1. The number of amides is 1. The minimum atomic E-state index is -0.112. The van der Waals surface area contributed by atoms with E-state index in [-0.39, 0.29) is 11.7 Å². The quantitative estimate of drug-likeness (QED) is 0.288. The lowest BCUT2D eigenvalue weighted by molar-refractivity contribution is -0.113. The van der Waals surface area contributed by atoms with E-state index in [4.69, 9.17) is 4.42 Å². The Morgan fingerprint density at radius 1 is 1.11 bits per heavy atom. The molecule has 0 saturated carbocycles. The first kappa shape index (κ1) is 18.9. The molecule has 0 spiro atoms. The lowest BCUT2D eigenvalue weighted by atomic mass is 10.0. The van der Waals surface area contributed by atoms with Gasteiger partial charge < -0.3 is 9.73 Å². The Balaban J connectivity index is 1.44. The van der Waals surface area contributed by atoms with Crippen molar-refractivity contribution in [1.29, 1.82) is 0 Å². The van der Waals surface area contributed by atoms with Crippen molar-refractivity contribution in [2.75, 3.05) is 11.1 Å². The molecular weight excluding hydrogens is 485 g/mol. The number of aryl methyl sites for hydroxylation is 1. The van der Waals surface area contributed by atoms with Crippen LogP contribution in [0, 0.1) is 10.5 Å². The Kier molecular flexibility index (Phi) is 5.63. The van der Waals surface area contributed by atoms with E-state index in [0.717, 1.165) is 31.2 Å². The number of fused-ring (bicyclic) bond motifs is 1. The third-order valence-electron chi connectivity index (χ3n) is 4.22. The Morgan fingerprint density at radius 2 is 1.93 bits per heavy atom. The van der Waals surface area contributed by atoms with Crippen molar-refractivity contribution >= 4 is 56.7 Å². The van der Waals surface area contributed by atoms with E-state index in [0.29, 0.717) is 11.1 Å². The van der Waals surface area contributed by atoms with Gasteiger partial charge in [-0.25, -0.2) is 0 Å². The molecule has 3 aromatic carbocycles. The molecule has 0 bridgehead atoms. The van der Waals surface area contributed by atoms with Gasteiger partial charge in [0.2, 0.25) is 11.8 Å². The molecule has 0 saturated heterocycles. The summed E-state index contributed by atoms with van der Waals surface area (Å²) in [6.07, 6.45) is 0. The molecule has 1 aromatic heterocycles. The van der Waals surface area contributed by atoms with Gasteiger partial charge in [-0.1, -0.05) is 48.2 Å². The van der Waals surface area contributed by atoms with Crippen LogP contribution in [0.2, 0.25) is 0 Å². The zero-order valence-corrected chi connectivity index (χ0v) is 18.0. The molecule has 4 aromatic rings. The molecule has 0 fully saturated rings. The van der Waals surface area contributed by atoms with E-state index in [1.165, 1.54) is 11.8 Å². The number of nitrogens with one attached hydrogen (secondary N) is 1. The summed E-state index contributed by atoms with van der Waals surface area (Å²) in [6, 6.07) is 19.9. The predicted octanol–water partition coefficient (Wildman–Crippen LogP) is 5.53. The highest BCUT2D eigenvalue weighted by atomic mass is 127. The molecule has 28 heavy (non-hydrogen) atoms. The molecule has 0 aliphatic carbocycles. The molecule has 0 unspecified atom stereocenters. The Bertz CT molecular complexity index is 1150.